The van der Waals surface area contributed by atoms with E-state index >= 15 is 0 Å². The molecule has 0 N–H and O–H groups in total. The fourth-order valence-electron chi connectivity index (χ4n) is 2.24. The average Bonchev–Trinajstić information content (AvgIpc) is 2.51. The van der Waals surface area contributed by atoms with Crippen molar-refractivity contribution in [1.29, 1.82) is 0 Å². The van der Waals surface area contributed by atoms with E-state index in [1.807, 2.05) is 0 Å². The summed E-state index contributed by atoms with van der Waals surface area (Å²) in [7, 11) is -0.0509. The van der Waals surface area contributed by atoms with E-state index in [0.717, 1.165) is 12.8 Å². The van der Waals surface area contributed by atoms with E-state index in [9.17, 15) is 4.57 Å². The molecule has 0 atom stereocenters. The summed E-state index contributed by atoms with van der Waals surface area (Å²) in [5.74, 6) is 0. The summed E-state index contributed by atoms with van der Waals surface area (Å²) in [6.07, 6.45) is 14.8. The normalized spacial score (nSPS) is 11.6. The highest BCUT2D eigenvalue weighted by molar-refractivity contribution is 7.24. The van der Waals surface area contributed by atoms with Crippen molar-refractivity contribution in [3.63, 3.8) is 0 Å². The van der Waals surface area contributed by atoms with Crippen molar-refractivity contribution in [1.82, 2.24) is 0 Å². The van der Waals surface area contributed by atoms with Gasteiger partial charge in [-0.15, -0.1) is 0 Å². The minimum absolute atomic E-state index is 0.0509. The molecule has 0 aromatic carbocycles. The zero-order chi connectivity index (χ0) is 15.6. The first-order valence-corrected chi connectivity index (χ1v) is 9.79. The Balaban J connectivity index is 3.31. The Kier molecular flexibility index (Phi) is 18.1. The van der Waals surface area contributed by atoms with Crippen LogP contribution in [0.3, 0.4) is 0 Å². The smallest absolute Gasteiger partial charge is 0.240 e. The van der Waals surface area contributed by atoms with Crippen molar-refractivity contribution < 1.29 is 14.0 Å². The molecule has 0 fully saturated rings. The number of unbranched alkanes of at least 4 members (excludes halogenated alkanes) is 10. The van der Waals surface area contributed by atoms with Crippen molar-refractivity contribution in [2.24, 2.45) is 0 Å². The zero-order valence-corrected chi connectivity index (χ0v) is 15.0. The third kappa shape index (κ3) is 16.2. The van der Waals surface area contributed by atoms with Crippen LogP contribution in [-0.4, -0.2) is 19.2 Å². The van der Waals surface area contributed by atoms with Gasteiger partial charge in [-0.2, -0.15) is 0 Å². The topological polar surface area (TPSA) is 35.5 Å². The van der Waals surface area contributed by atoms with E-state index in [0.29, 0.717) is 13.2 Å². The maximum Gasteiger partial charge on any atom is 0.240 e. The van der Waals surface area contributed by atoms with Crippen molar-refractivity contribution in [3.05, 3.63) is 0 Å². The lowest BCUT2D eigenvalue weighted by Gasteiger charge is -2.12. The van der Waals surface area contributed by atoms with Crippen molar-refractivity contribution in [2.45, 2.75) is 96.9 Å². The zero-order valence-electron chi connectivity index (χ0n) is 14.1. The van der Waals surface area contributed by atoms with E-state index < -0.39 is 6.03 Å². The minimum Gasteiger partial charge on any atom is -0.343 e. The van der Waals surface area contributed by atoms with Gasteiger partial charge in [0.2, 0.25) is 14.5 Å². The molecule has 0 unspecified atom stereocenters. The van der Waals surface area contributed by atoms with Crippen molar-refractivity contribution in [3.8, 4) is 0 Å². The van der Waals surface area contributed by atoms with Gasteiger partial charge in [0.15, 0.2) is 0 Å². The third-order valence-corrected chi connectivity index (χ3v) is 4.07. The van der Waals surface area contributed by atoms with Crippen LogP contribution in [0.1, 0.15) is 90.9 Å². The molecular formula is C17H35O3P. The molecule has 0 aliphatic rings. The maximum absolute atomic E-state index is 11.0. The van der Waals surface area contributed by atoms with Crippen molar-refractivity contribution >= 4 is 8.46 Å². The Morgan fingerprint density at radius 3 is 1.43 bits per heavy atom. The average molecular weight is 318 g/mol. The molecule has 0 aliphatic carbocycles. The molecule has 0 bridgehead atoms. The van der Waals surface area contributed by atoms with Crippen LogP contribution in [-0.2, 0) is 14.0 Å². The van der Waals surface area contributed by atoms with Gasteiger partial charge in [0.1, 0.15) is 0 Å². The fraction of sp³-hybridized carbons (Fsp3) is 1.00. The van der Waals surface area contributed by atoms with Crippen LogP contribution in [0.25, 0.3) is 0 Å². The molecule has 4 heteroatoms. The SMILES string of the molecule is CCCCCCCCOC(OCCCCCCCC)P=O. The second-order valence-electron chi connectivity index (χ2n) is 5.69. The molecule has 0 spiro atoms. The lowest BCUT2D eigenvalue weighted by molar-refractivity contribution is -0.0874. The van der Waals surface area contributed by atoms with Gasteiger partial charge in [-0.05, 0) is 12.8 Å². The van der Waals surface area contributed by atoms with Gasteiger partial charge in [0, 0.05) is 0 Å². The van der Waals surface area contributed by atoms with E-state index in [4.69, 9.17) is 9.47 Å². The summed E-state index contributed by atoms with van der Waals surface area (Å²) in [5.41, 5.74) is 0. The largest absolute Gasteiger partial charge is 0.343 e. The summed E-state index contributed by atoms with van der Waals surface area (Å²) in [6, 6.07) is -0.559. The molecule has 0 aliphatic heterocycles. The number of hydrogen-bond acceptors (Lipinski definition) is 3. The van der Waals surface area contributed by atoms with Crippen LogP contribution in [0.4, 0.5) is 0 Å². The molecule has 0 heterocycles. The lowest BCUT2D eigenvalue weighted by atomic mass is 10.1. The monoisotopic (exact) mass is 318 g/mol. The number of rotatable bonds is 17. The Labute approximate surface area is 133 Å². The van der Waals surface area contributed by atoms with Crippen LogP contribution >= 0.6 is 8.46 Å². The van der Waals surface area contributed by atoms with Crippen molar-refractivity contribution in [2.75, 3.05) is 13.2 Å². The maximum atomic E-state index is 11.0. The predicted octanol–water partition coefficient (Wildman–Crippen LogP) is 6.32. The number of hydrogen-bond donors (Lipinski definition) is 0. The van der Waals surface area contributed by atoms with Gasteiger partial charge in [-0.3, -0.25) is 4.57 Å². The van der Waals surface area contributed by atoms with Crippen LogP contribution in [0, 0.1) is 0 Å². The summed E-state index contributed by atoms with van der Waals surface area (Å²) < 4.78 is 22.0. The highest BCUT2D eigenvalue weighted by Crippen LogP contribution is 2.13. The Morgan fingerprint density at radius 2 is 1.05 bits per heavy atom. The number of ether oxygens (including phenoxy) is 2. The Hall–Kier alpha value is 0.0200. The molecular weight excluding hydrogens is 283 g/mol. The Bertz CT molecular complexity index is 194. The van der Waals surface area contributed by atoms with Gasteiger partial charge >= 0.3 is 0 Å². The van der Waals surface area contributed by atoms with Crippen LogP contribution in [0.2, 0.25) is 0 Å². The quantitative estimate of drug-likeness (QED) is 0.179. The molecule has 126 valence electrons. The highest BCUT2D eigenvalue weighted by Gasteiger charge is 2.08. The Morgan fingerprint density at radius 1 is 0.667 bits per heavy atom. The van der Waals surface area contributed by atoms with Gasteiger partial charge in [-0.1, -0.05) is 78.1 Å². The van der Waals surface area contributed by atoms with Crippen LogP contribution in [0.5, 0.6) is 0 Å². The molecule has 0 radical (unpaired) electrons. The summed E-state index contributed by atoms with van der Waals surface area (Å²) in [6.45, 7) is 5.76. The molecule has 3 nitrogen and oxygen atoms in total. The van der Waals surface area contributed by atoms with Gasteiger partial charge in [-0.25, -0.2) is 0 Å². The second kappa shape index (κ2) is 18.1. The second-order valence-corrected chi connectivity index (χ2v) is 6.32. The van der Waals surface area contributed by atoms with E-state index in [2.05, 4.69) is 13.8 Å². The molecule has 0 saturated carbocycles. The first-order valence-electron chi connectivity index (χ1n) is 8.90. The van der Waals surface area contributed by atoms with Crippen LogP contribution < -0.4 is 0 Å². The molecule has 0 amide bonds. The standard InChI is InChI=1S/C17H35O3P/c1-3-5-7-9-11-13-15-19-17(21-18)20-16-14-12-10-8-6-4-2/h17H,3-16H2,1-2H3. The minimum atomic E-state index is -0.559. The highest BCUT2D eigenvalue weighted by atomic mass is 31.1. The fourth-order valence-corrected chi connectivity index (χ4v) is 2.57. The molecule has 0 rings (SSSR count). The first-order chi connectivity index (χ1) is 10.3. The van der Waals surface area contributed by atoms with E-state index in [1.54, 1.807) is 0 Å². The lowest BCUT2D eigenvalue weighted by Crippen LogP contribution is -2.12. The predicted molar refractivity (Wildman–Crippen MR) is 90.1 cm³/mol. The molecule has 0 aromatic heterocycles. The molecule has 0 aromatic rings. The van der Waals surface area contributed by atoms with E-state index in [1.165, 1.54) is 64.2 Å². The summed E-state index contributed by atoms with van der Waals surface area (Å²) in [5, 5.41) is 0. The summed E-state index contributed by atoms with van der Waals surface area (Å²) >= 11 is 0. The van der Waals surface area contributed by atoms with E-state index in [-0.39, 0.29) is 8.46 Å². The first kappa shape index (κ1) is 21.0. The molecule has 0 saturated heterocycles. The van der Waals surface area contributed by atoms with Gasteiger partial charge in [0.05, 0.1) is 13.2 Å². The third-order valence-electron chi connectivity index (χ3n) is 3.60. The van der Waals surface area contributed by atoms with Gasteiger partial charge in [0.25, 0.3) is 0 Å². The van der Waals surface area contributed by atoms with Crippen LogP contribution in [0.15, 0.2) is 0 Å². The summed E-state index contributed by atoms with van der Waals surface area (Å²) in [4.78, 5) is 0. The molecule has 21 heavy (non-hydrogen) atoms. The van der Waals surface area contributed by atoms with Gasteiger partial charge < -0.3 is 9.47 Å².